The van der Waals surface area contributed by atoms with Crippen molar-refractivity contribution in [3.63, 3.8) is 0 Å². The minimum atomic E-state index is -0.295. The van der Waals surface area contributed by atoms with E-state index in [0.717, 1.165) is 48.6 Å². The number of rotatable bonds is 5. The zero-order valence-electron chi connectivity index (χ0n) is 18.0. The number of hydrogen-bond donors (Lipinski definition) is 3. The number of anilines is 2. The minimum absolute atomic E-state index is 0.295. The van der Waals surface area contributed by atoms with Crippen molar-refractivity contribution in [1.82, 2.24) is 25.2 Å². The van der Waals surface area contributed by atoms with E-state index in [0.29, 0.717) is 22.9 Å². The molecule has 5 rings (SSSR count). The van der Waals surface area contributed by atoms with Gasteiger partial charge in [-0.05, 0) is 29.3 Å². The van der Waals surface area contributed by atoms with E-state index in [-0.39, 0.29) is 6.03 Å². The standard InChI is InChI=1S/C24H24ClN7O/c25-19-7-5-17(6-8-19)21-15-29-32-16-20(14-27-23(21)32)30-24(33)28-13-18-3-1-2-4-22(18)31-11-9-26-10-12-31/h1-8,14-16,26H,9-13H2,(H2,28,30,33). The molecule has 33 heavy (non-hydrogen) atoms. The first-order valence-corrected chi connectivity index (χ1v) is 11.2. The van der Waals surface area contributed by atoms with E-state index in [1.807, 2.05) is 42.5 Å². The lowest BCUT2D eigenvalue weighted by atomic mass is 10.1. The van der Waals surface area contributed by atoms with Crippen LogP contribution in [-0.4, -0.2) is 46.8 Å². The molecule has 168 valence electrons. The topological polar surface area (TPSA) is 86.6 Å². The van der Waals surface area contributed by atoms with E-state index in [2.05, 4.69) is 37.0 Å². The fourth-order valence-electron chi connectivity index (χ4n) is 4.00. The normalized spacial score (nSPS) is 13.8. The van der Waals surface area contributed by atoms with E-state index in [1.54, 1.807) is 23.1 Å². The van der Waals surface area contributed by atoms with Crippen LogP contribution in [0.3, 0.4) is 0 Å². The summed E-state index contributed by atoms with van der Waals surface area (Å²) in [5.41, 5.74) is 5.38. The Labute approximate surface area is 196 Å². The van der Waals surface area contributed by atoms with Crippen LogP contribution in [0.25, 0.3) is 16.8 Å². The van der Waals surface area contributed by atoms with Crippen LogP contribution in [0, 0.1) is 0 Å². The Morgan fingerprint density at radius 1 is 1.06 bits per heavy atom. The van der Waals surface area contributed by atoms with Gasteiger partial charge in [0.15, 0.2) is 5.65 Å². The van der Waals surface area contributed by atoms with Crippen LogP contribution in [0.5, 0.6) is 0 Å². The predicted molar refractivity (Wildman–Crippen MR) is 131 cm³/mol. The molecule has 0 saturated carbocycles. The maximum absolute atomic E-state index is 12.6. The Bertz CT molecular complexity index is 1270. The van der Waals surface area contributed by atoms with Crippen LogP contribution in [0.4, 0.5) is 16.2 Å². The van der Waals surface area contributed by atoms with E-state index in [1.165, 1.54) is 0 Å². The Kier molecular flexibility index (Phi) is 6.10. The molecule has 0 aliphatic carbocycles. The third kappa shape index (κ3) is 4.76. The van der Waals surface area contributed by atoms with Crippen LogP contribution in [0.15, 0.2) is 67.1 Å². The summed E-state index contributed by atoms with van der Waals surface area (Å²) in [4.78, 5) is 19.4. The summed E-state index contributed by atoms with van der Waals surface area (Å²) in [6.07, 6.45) is 5.13. The molecular weight excluding hydrogens is 438 g/mol. The Morgan fingerprint density at radius 3 is 2.67 bits per heavy atom. The number of piperazine rings is 1. The molecule has 0 spiro atoms. The van der Waals surface area contributed by atoms with Crippen LogP contribution in [-0.2, 0) is 6.54 Å². The smallest absolute Gasteiger partial charge is 0.319 e. The first-order valence-electron chi connectivity index (χ1n) is 10.8. The van der Waals surface area contributed by atoms with Crippen molar-refractivity contribution >= 4 is 34.7 Å². The molecule has 3 N–H and O–H groups in total. The first kappa shape index (κ1) is 21.2. The molecule has 2 aromatic heterocycles. The van der Waals surface area contributed by atoms with Gasteiger partial charge in [0.05, 0.1) is 24.3 Å². The average Bonchev–Trinajstić information content (AvgIpc) is 3.27. The van der Waals surface area contributed by atoms with Gasteiger partial charge in [0, 0.05) is 49.0 Å². The van der Waals surface area contributed by atoms with Gasteiger partial charge in [0.1, 0.15) is 0 Å². The predicted octanol–water partition coefficient (Wildman–Crippen LogP) is 3.78. The van der Waals surface area contributed by atoms with Crippen molar-refractivity contribution in [3.8, 4) is 11.1 Å². The van der Waals surface area contributed by atoms with Crippen molar-refractivity contribution in [1.29, 1.82) is 0 Å². The maximum Gasteiger partial charge on any atom is 0.319 e. The second-order valence-electron chi connectivity index (χ2n) is 7.85. The molecule has 0 unspecified atom stereocenters. The number of nitrogens with one attached hydrogen (secondary N) is 3. The molecule has 1 fully saturated rings. The molecule has 3 heterocycles. The molecule has 2 aromatic carbocycles. The number of benzene rings is 2. The lowest BCUT2D eigenvalue weighted by molar-refractivity contribution is 0.251. The maximum atomic E-state index is 12.6. The van der Waals surface area contributed by atoms with Crippen molar-refractivity contribution in [3.05, 3.63) is 77.7 Å². The zero-order valence-corrected chi connectivity index (χ0v) is 18.7. The number of fused-ring (bicyclic) bond motifs is 1. The van der Waals surface area contributed by atoms with Gasteiger partial charge in [0.25, 0.3) is 0 Å². The van der Waals surface area contributed by atoms with Gasteiger partial charge < -0.3 is 20.9 Å². The number of nitrogens with zero attached hydrogens (tertiary/aromatic N) is 4. The molecule has 1 aliphatic heterocycles. The van der Waals surface area contributed by atoms with Gasteiger partial charge in [-0.25, -0.2) is 14.3 Å². The van der Waals surface area contributed by atoms with E-state index >= 15 is 0 Å². The number of halogens is 1. The quantitative estimate of drug-likeness (QED) is 0.421. The van der Waals surface area contributed by atoms with Gasteiger partial charge in [-0.15, -0.1) is 0 Å². The van der Waals surface area contributed by atoms with Gasteiger partial charge >= 0.3 is 6.03 Å². The second-order valence-corrected chi connectivity index (χ2v) is 8.29. The summed E-state index contributed by atoms with van der Waals surface area (Å²) in [7, 11) is 0. The lowest BCUT2D eigenvalue weighted by Gasteiger charge is -2.31. The molecule has 4 aromatic rings. The monoisotopic (exact) mass is 461 g/mol. The summed E-state index contributed by atoms with van der Waals surface area (Å²) in [5, 5.41) is 14.2. The number of hydrogen-bond acceptors (Lipinski definition) is 5. The van der Waals surface area contributed by atoms with Crippen LogP contribution in [0.2, 0.25) is 5.02 Å². The third-order valence-corrected chi connectivity index (χ3v) is 5.91. The van der Waals surface area contributed by atoms with Crippen molar-refractivity contribution in [2.45, 2.75) is 6.54 Å². The average molecular weight is 462 g/mol. The Balaban J connectivity index is 1.25. The molecule has 8 nitrogen and oxygen atoms in total. The molecule has 2 amide bonds. The molecule has 0 bridgehead atoms. The summed E-state index contributed by atoms with van der Waals surface area (Å²) >= 11 is 5.99. The van der Waals surface area contributed by atoms with Gasteiger partial charge in [0.2, 0.25) is 0 Å². The lowest BCUT2D eigenvalue weighted by Crippen LogP contribution is -2.44. The van der Waals surface area contributed by atoms with Crippen molar-refractivity contribution < 1.29 is 4.79 Å². The van der Waals surface area contributed by atoms with Crippen LogP contribution >= 0.6 is 11.6 Å². The van der Waals surface area contributed by atoms with Crippen molar-refractivity contribution in [2.75, 3.05) is 36.4 Å². The molecule has 1 saturated heterocycles. The largest absolute Gasteiger partial charge is 0.369 e. The SMILES string of the molecule is O=C(NCc1ccccc1N1CCNCC1)Nc1cnc2c(-c3ccc(Cl)cc3)cnn2c1. The van der Waals surface area contributed by atoms with Crippen molar-refractivity contribution in [2.24, 2.45) is 0 Å². The van der Waals surface area contributed by atoms with E-state index in [9.17, 15) is 4.79 Å². The first-order chi connectivity index (χ1) is 16.2. The highest BCUT2D eigenvalue weighted by Gasteiger charge is 2.14. The molecule has 9 heteroatoms. The third-order valence-electron chi connectivity index (χ3n) is 5.66. The highest BCUT2D eigenvalue weighted by atomic mass is 35.5. The summed E-state index contributed by atoms with van der Waals surface area (Å²) in [5.74, 6) is 0. The fourth-order valence-corrected chi connectivity index (χ4v) is 4.12. The number of aromatic nitrogens is 3. The number of amides is 2. The zero-order chi connectivity index (χ0) is 22.6. The highest BCUT2D eigenvalue weighted by Crippen LogP contribution is 2.25. The summed E-state index contributed by atoms with van der Waals surface area (Å²) in [6, 6.07) is 15.4. The minimum Gasteiger partial charge on any atom is -0.369 e. The fraction of sp³-hybridized carbons (Fsp3) is 0.208. The summed E-state index contributed by atoms with van der Waals surface area (Å²) in [6.45, 7) is 4.27. The number of urea groups is 1. The van der Waals surface area contributed by atoms with E-state index in [4.69, 9.17) is 11.6 Å². The Hall–Kier alpha value is -3.62. The number of carbonyl (C=O) groups excluding carboxylic acids is 1. The number of para-hydroxylation sites is 1. The second kappa shape index (κ2) is 9.48. The van der Waals surface area contributed by atoms with E-state index < -0.39 is 0 Å². The van der Waals surface area contributed by atoms with Gasteiger partial charge in [-0.2, -0.15) is 5.10 Å². The van der Waals surface area contributed by atoms with Gasteiger partial charge in [-0.3, -0.25) is 0 Å². The van der Waals surface area contributed by atoms with Crippen LogP contribution < -0.4 is 20.9 Å². The number of carbonyl (C=O) groups is 1. The Morgan fingerprint density at radius 2 is 1.85 bits per heavy atom. The highest BCUT2D eigenvalue weighted by molar-refractivity contribution is 6.30. The summed E-state index contributed by atoms with van der Waals surface area (Å²) < 4.78 is 1.65. The molecule has 0 radical (unpaired) electrons. The molecule has 0 atom stereocenters. The van der Waals surface area contributed by atoms with Crippen LogP contribution in [0.1, 0.15) is 5.56 Å². The molecule has 1 aliphatic rings. The van der Waals surface area contributed by atoms with Gasteiger partial charge in [-0.1, -0.05) is 41.9 Å². The molecular formula is C24H24ClN7O.